The lowest BCUT2D eigenvalue weighted by Crippen LogP contribution is -2.12. The van der Waals surface area contributed by atoms with Crippen molar-refractivity contribution >= 4 is 28.5 Å². The maximum atomic E-state index is 4.65. The van der Waals surface area contributed by atoms with E-state index in [0.29, 0.717) is 0 Å². The van der Waals surface area contributed by atoms with Crippen LogP contribution < -0.4 is 5.32 Å². The Kier molecular flexibility index (Phi) is 4.40. The summed E-state index contributed by atoms with van der Waals surface area (Å²) in [5, 5.41) is 3.46. The van der Waals surface area contributed by atoms with Crippen molar-refractivity contribution in [3.05, 3.63) is 24.0 Å². The van der Waals surface area contributed by atoms with Gasteiger partial charge in [0.05, 0.1) is 11.0 Å². The van der Waals surface area contributed by atoms with Gasteiger partial charge in [-0.2, -0.15) is 11.8 Å². The van der Waals surface area contributed by atoms with Crippen molar-refractivity contribution in [3.63, 3.8) is 0 Å². The number of rotatable bonds is 5. The van der Waals surface area contributed by atoms with E-state index in [1.165, 1.54) is 12.2 Å². The van der Waals surface area contributed by atoms with Crippen LogP contribution in [0.1, 0.15) is 33.0 Å². The monoisotopic (exact) mass is 277 g/mol. The van der Waals surface area contributed by atoms with Crippen molar-refractivity contribution < 1.29 is 0 Å². The highest BCUT2D eigenvalue weighted by Crippen LogP contribution is 2.24. The second-order valence-corrected chi connectivity index (χ2v) is 6.83. The predicted molar refractivity (Wildman–Crippen MR) is 86.3 cm³/mol. The number of imidazole rings is 1. The summed E-state index contributed by atoms with van der Waals surface area (Å²) in [6, 6.07) is 6.34. The topological polar surface area (TPSA) is 40.7 Å². The van der Waals surface area contributed by atoms with Gasteiger partial charge in [-0.3, -0.25) is 0 Å². The van der Waals surface area contributed by atoms with Crippen LogP contribution in [0.4, 0.5) is 5.69 Å². The fourth-order valence-corrected chi connectivity index (χ4v) is 2.36. The second-order valence-electron chi connectivity index (χ2n) is 5.84. The molecule has 2 aromatic rings. The zero-order chi connectivity index (χ0) is 13.9. The van der Waals surface area contributed by atoms with Crippen LogP contribution in [0.3, 0.4) is 0 Å². The molecule has 0 unspecified atom stereocenters. The van der Waals surface area contributed by atoms with Crippen LogP contribution in [0.15, 0.2) is 18.2 Å². The van der Waals surface area contributed by atoms with Crippen LogP contribution in [0.25, 0.3) is 11.0 Å². The van der Waals surface area contributed by atoms with E-state index in [1.54, 1.807) is 0 Å². The molecule has 1 aromatic carbocycles. The lowest BCUT2D eigenvalue weighted by Gasteiger charge is -2.13. The van der Waals surface area contributed by atoms with Gasteiger partial charge in [-0.25, -0.2) is 4.98 Å². The molecular weight excluding hydrogens is 254 g/mol. The summed E-state index contributed by atoms with van der Waals surface area (Å²) in [5.41, 5.74) is 3.38. The Balaban J connectivity index is 2.12. The first-order valence-electron chi connectivity index (χ1n) is 6.74. The third-order valence-corrected chi connectivity index (χ3v) is 3.74. The smallest absolute Gasteiger partial charge is 0.112 e. The summed E-state index contributed by atoms with van der Waals surface area (Å²) in [5.74, 6) is 2.25. The molecule has 0 saturated carbocycles. The fourth-order valence-electron chi connectivity index (χ4n) is 1.92. The SMILES string of the molecule is CSCCCNc1ccc2nc(C(C)(C)C)[nH]c2c1. The summed E-state index contributed by atoms with van der Waals surface area (Å²) in [4.78, 5) is 8.07. The molecule has 0 amide bonds. The molecule has 0 aliphatic rings. The average Bonchev–Trinajstić information content (AvgIpc) is 2.77. The number of anilines is 1. The van der Waals surface area contributed by atoms with Crippen LogP contribution in [0.5, 0.6) is 0 Å². The van der Waals surface area contributed by atoms with E-state index in [0.717, 1.165) is 29.1 Å². The molecule has 0 atom stereocenters. The number of aromatic nitrogens is 2. The maximum absolute atomic E-state index is 4.65. The molecule has 2 rings (SSSR count). The molecule has 1 aromatic heterocycles. The number of hydrogen-bond acceptors (Lipinski definition) is 3. The van der Waals surface area contributed by atoms with Crippen molar-refractivity contribution in [2.75, 3.05) is 23.9 Å². The number of aromatic amines is 1. The van der Waals surface area contributed by atoms with Crippen LogP contribution in [-0.4, -0.2) is 28.5 Å². The first-order valence-corrected chi connectivity index (χ1v) is 8.13. The Morgan fingerprint density at radius 2 is 2.11 bits per heavy atom. The number of hydrogen-bond donors (Lipinski definition) is 2. The number of benzene rings is 1. The number of H-pyrrole nitrogens is 1. The molecule has 2 N–H and O–H groups in total. The molecule has 0 saturated heterocycles. The minimum Gasteiger partial charge on any atom is -0.385 e. The Morgan fingerprint density at radius 1 is 1.32 bits per heavy atom. The van der Waals surface area contributed by atoms with Gasteiger partial charge in [0.2, 0.25) is 0 Å². The van der Waals surface area contributed by atoms with Crippen molar-refractivity contribution in [1.82, 2.24) is 9.97 Å². The van der Waals surface area contributed by atoms with E-state index in [2.05, 4.69) is 60.5 Å². The molecular formula is C15H23N3S. The van der Waals surface area contributed by atoms with Gasteiger partial charge >= 0.3 is 0 Å². The van der Waals surface area contributed by atoms with Crippen LogP contribution in [0.2, 0.25) is 0 Å². The van der Waals surface area contributed by atoms with Gasteiger partial charge in [-0.15, -0.1) is 0 Å². The van der Waals surface area contributed by atoms with Gasteiger partial charge in [0, 0.05) is 17.6 Å². The molecule has 0 spiro atoms. The van der Waals surface area contributed by atoms with Gasteiger partial charge in [0.15, 0.2) is 0 Å². The van der Waals surface area contributed by atoms with Crippen molar-refractivity contribution in [1.29, 1.82) is 0 Å². The molecule has 3 nitrogen and oxygen atoms in total. The summed E-state index contributed by atoms with van der Waals surface area (Å²) in [6.45, 7) is 7.54. The van der Waals surface area contributed by atoms with Crippen molar-refractivity contribution in [3.8, 4) is 0 Å². The maximum Gasteiger partial charge on any atom is 0.112 e. The molecule has 0 radical (unpaired) electrons. The highest BCUT2D eigenvalue weighted by Gasteiger charge is 2.18. The molecule has 0 aliphatic heterocycles. The molecule has 1 heterocycles. The third kappa shape index (κ3) is 3.66. The number of fused-ring (bicyclic) bond motifs is 1. The minimum atomic E-state index is 0.0605. The van der Waals surface area contributed by atoms with Crippen molar-refractivity contribution in [2.45, 2.75) is 32.6 Å². The van der Waals surface area contributed by atoms with Crippen LogP contribution in [0, 0.1) is 0 Å². The molecule has 0 fully saturated rings. The van der Waals surface area contributed by atoms with E-state index in [9.17, 15) is 0 Å². The van der Waals surface area contributed by atoms with Gasteiger partial charge in [-0.05, 0) is 36.6 Å². The number of nitrogens with one attached hydrogen (secondary N) is 2. The Hall–Kier alpha value is -1.16. The van der Waals surface area contributed by atoms with Gasteiger partial charge < -0.3 is 10.3 Å². The van der Waals surface area contributed by atoms with Crippen LogP contribution in [-0.2, 0) is 5.41 Å². The van der Waals surface area contributed by atoms with E-state index < -0.39 is 0 Å². The normalized spacial score (nSPS) is 12.0. The summed E-state index contributed by atoms with van der Waals surface area (Å²) in [6.07, 6.45) is 3.33. The zero-order valence-electron chi connectivity index (χ0n) is 12.2. The van der Waals surface area contributed by atoms with E-state index >= 15 is 0 Å². The lowest BCUT2D eigenvalue weighted by atomic mass is 9.96. The first kappa shape index (κ1) is 14.3. The van der Waals surface area contributed by atoms with Gasteiger partial charge in [0.25, 0.3) is 0 Å². The fraction of sp³-hybridized carbons (Fsp3) is 0.533. The van der Waals surface area contributed by atoms with E-state index in [4.69, 9.17) is 0 Å². The van der Waals surface area contributed by atoms with Crippen LogP contribution >= 0.6 is 11.8 Å². The predicted octanol–water partition coefficient (Wildman–Crippen LogP) is 4.03. The van der Waals surface area contributed by atoms with Gasteiger partial charge in [-0.1, -0.05) is 20.8 Å². The quantitative estimate of drug-likeness (QED) is 0.811. The zero-order valence-corrected chi connectivity index (χ0v) is 13.0. The Labute approximate surface area is 119 Å². The lowest BCUT2D eigenvalue weighted by molar-refractivity contribution is 0.554. The summed E-state index contributed by atoms with van der Waals surface area (Å²) < 4.78 is 0. The first-order chi connectivity index (χ1) is 9.00. The van der Waals surface area contributed by atoms with Crippen molar-refractivity contribution in [2.24, 2.45) is 0 Å². The highest BCUT2D eigenvalue weighted by atomic mass is 32.2. The largest absolute Gasteiger partial charge is 0.385 e. The number of nitrogens with zero attached hydrogens (tertiary/aromatic N) is 1. The molecule has 4 heteroatoms. The molecule has 19 heavy (non-hydrogen) atoms. The third-order valence-electron chi connectivity index (χ3n) is 3.05. The van der Waals surface area contributed by atoms with Gasteiger partial charge in [0.1, 0.15) is 5.82 Å². The van der Waals surface area contributed by atoms with E-state index in [1.807, 2.05) is 11.8 Å². The average molecular weight is 277 g/mol. The number of thioether (sulfide) groups is 1. The second kappa shape index (κ2) is 5.87. The highest BCUT2D eigenvalue weighted by molar-refractivity contribution is 7.98. The summed E-state index contributed by atoms with van der Waals surface area (Å²) >= 11 is 1.89. The standard InChI is InChI=1S/C15H23N3S/c1-15(2,3)14-17-12-7-6-11(10-13(12)18-14)16-8-5-9-19-4/h6-7,10,16H,5,8-9H2,1-4H3,(H,17,18). The van der Waals surface area contributed by atoms with E-state index in [-0.39, 0.29) is 5.41 Å². The molecule has 104 valence electrons. The Morgan fingerprint density at radius 3 is 2.79 bits per heavy atom. The summed E-state index contributed by atoms with van der Waals surface area (Å²) in [7, 11) is 0. The Bertz CT molecular complexity index is 540. The minimum absolute atomic E-state index is 0.0605. The molecule has 0 aliphatic carbocycles. The molecule has 0 bridgehead atoms.